The van der Waals surface area contributed by atoms with Crippen molar-refractivity contribution < 1.29 is 33.3 Å². The molecule has 2 aliphatic rings. The van der Waals surface area contributed by atoms with E-state index < -0.39 is 12.1 Å². The molecule has 322 valence electrons. The van der Waals surface area contributed by atoms with Gasteiger partial charge in [-0.25, -0.2) is 19.7 Å². The van der Waals surface area contributed by atoms with Gasteiger partial charge in [0.15, 0.2) is 17.5 Å². The highest BCUT2D eigenvalue weighted by molar-refractivity contribution is 7.13. The van der Waals surface area contributed by atoms with Crippen LogP contribution in [-0.4, -0.2) is 105 Å². The molecule has 4 aromatic heterocycles. The van der Waals surface area contributed by atoms with Crippen molar-refractivity contribution in [3.05, 3.63) is 112 Å². The number of aryl methyl sites for hydroxylation is 1. The minimum Gasteiger partial charge on any atom is -0.496 e. The zero-order chi connectivity index (χ0) is 43.3. The van der Waals surface area contributed by atoms with E-state index in [1.807, 2.05) is 49.4 Å². The number of pyridine rings is 1. The molecule has 14 nitrogen and oxygen atoms in total. The summed E-state index contributed by atoms with van der Waals surface area (Å²) >= 11 is 8.35. The summed E-state index contributed by atoms with van der Waals surface area (Å²) in [7, 11) is 3.75. The van der Waals surface area contributed by atoms with Crippen LogP contribution >= 0.6 is 23.1 Å². The molecule has 0 bridgehead atoms. The van der Waals surface area contributed by atoms with Crippen LogP contribution in [0.4, 0.5) is 0 Å². The molecule has 6 aromatic rings. The summed E-state index contributed by atoms with van der Waals surface area (Å²) in [6.45, 7) is 11.4. The number of piperazine rings is 1. The van der Waals surface area contributed by atoms with Gasteiger partial charge in [-0.15, -0.1) is 0 Å². The normalized spacial score (nSPS) is 16.8. The summed E-state index contributed by atoms with van der Waals surface area (Å²) < 4.78 is 36.1. The number of hydrogen-bond acceptors (Lipinski definition) is 14. The fourth-order valence-electron chi connectivity index (χ4n) is 7.92. The fourth-order valence-corrected chi connectivity index (χ4v) is 8.85. The molecule has 1 aliphatic heterocycles. The predicted octanol–water partition coefficient (Wildman–Crippen LogP) is 8.30. The lowest BCUT2D eigenvalue weighted by Crippen LogP contribution is -2.45. The number of nitrogens with zero attached hydrogens (tertiary/aromatic N) is 7. The van der Waals surface area contributed by atoms with Crippen LogP contribution in [0.25, 0.3) is 38.5 Å². The standard InChI is InChI=1S/C46H48ClN7O7S/c1-27-22-35(58-21-20-54-18-16-53(4)17-19-54)42(47)28(2)39(27)41-40-38(25-50-43(41)37-24-49-29(3)60-37)62-52-45(40)61-36(46(55)56)23-30-10-6-8-12-33(30)59-26-31-14-15-48-44(51-31)32-11-7-9-13-34(32)57-5/h6-15,24-25,27,36H,16-23,26H2,1-5H3,(H,55,56)/t27?,36-/m1/s1. The van der Waals surface area contributed by atoms with Crippen molar-refractivity contribution in [1.29, 1.82) is 0 Å². The maximum atomic E-state index is 13.0. The molecule has 1 N–H and O–H groups in total. The van der Waals surface area contributed by atoms with Crippen molar-refractivity contribution in [1.82, 2.24) is 34.1 Å². The Morgan fingerprint density at radius 1 is 1.00 bits per heavy atom. The lowest BCUT2D eigenvalue weighted by molar-refractivity contribution is -0.145. The molecule has 2 atom stereocenters. The molecule has 1 saturated heterocycles. The van der Waals surface area contributed by atoms with Crippen LogP contribution in [0.3, 0.4) is 0 Å². The van der Waals surface area contributed by atoms with Crippen molar-refractivity contribution in [3.8, 4) is 40.2 Å². The number of halogens is 1. The molecular weight excluding hydrogens is 830 g/mol. The van der Waals surface area contributed by atoms with Crippen LogP contribution in [0.5, 0.6) is 17.4 Å². The Morgan fingerprint density at radius 2 is 1.77 bits per heavy atom. The fraction of sp³-hybridized carbons (Fsp3) is 0.348. The van der Waals surface area contributed by atoms with Crippen LogP contribution in [0.1, 0.15) is 43.0 Å². The molecule has 1 unspecified atom stereocenters. The number of fused-ring (bicyclic) bond motifs is 1. The number of para-hydroxylation sites is 2. The van der Waals surface area contributed by atoms with E-state index >= 15 is 0 Å². The first kappa shape index (κ1) is 42.8. The number of rotatable bonds is 16. The molecule has 2 aromatic carbocycles. The summed E-state index contributed by atoms with van der Waals surface area (Å²) in [6, 6.07) is 16.6. The summed E-state index contributed by atoms with van der Waals surface area (Å²) in [5.74, 6) is 2.27. The second-order valence-corrected chi connectivity index (χ2v) is 16.6. The zero-order valence-corrected chi connectivity index (χ0v) is 36.8. The highest BCUT2D eigenvalue weighted by Crippen LogP contribution is 2.49. The number of aromatic nitrogens is 5. The third kappa shape index (κ3) is 9.31. The first-order chi connectivity index (χ1) is 30.1. The number of allylic oxidation sites excluding steroid dienone is 4. The van der Waals surface area contributed by atoms with E-state index in [9.17, 15) is 9.90 Å². The maximum absolute atomic E-state index is 13.0. The lowest BCUT2D eigenvalue weighted by Gasteiger charge is -2.33. The quantitative estimate of drug-likeness (QED) is 0.0990. The number of hydrogen-bond donors (Lipinski definition) is 1. The molecule has 8 rings (SSSR count). The first-order valence-electron chi connectivity index (χ1n) is 20.5. The van der Waals surface area contributed by atoms with E-state index in [0.717, 1.165) is 55.2 Å². The topological polar surface area (TPSA) is 158 Å². The molecule has 0 spiro atoms. The number of carbonyl (C=O) groups is 1. The van der Waals surface area contributed by atoms with Gasteiger partial charge in [0.25, 0.3) is 0 Å². The van der Waals surface area contributed by atoms with Gasteiger partial charge in [-0.2, -0.15) is 4.37 Å². The van der Waals surface area contributed by atoms with Gasteiger partial charge >= 0.3 is 5.97 Å². The van der Waals surface area contributed by atoms with E-state index in [4.69, 9.17) is 44.9 Å². The lowest BCUT2D eigenvalue weighted by atomic mass is 9.81. The zero-order valence-electron chi connectivity index (χ0n) is 35.3. The predicted molar refractivity (Wildman–Crippen MR) is 237 cm³/mol. The van der Waals surface area contributed by atoms with E-state index in [2.05, 4.69) is 38.1 Å². The van der Waals surface area contributed by atoms with Crippen molar-refractivity contribution in [2.45, 2.75) is 46.3 Å². The first-order valence-corrected chi connectivity index (χ1v) is 21.6. The van der Waals surface area contributed by atoms with Crippen LogP contribution in [0.2, 0.25) is 0 Å². The second kappa shape index (κ2) is 19.0. The molecule has 16 heteroatoms. The smallest absolute Gasteiger partial charge is 0.345 e. The molecular formula is C46H48ClN7O7S. The Labute approximate surface area is 369 Å². The Balaban J connectivity index is 1.08. The summed E-state index contributed by atoms with van der Waals surface area (Å²) in [6.07, 6.45) is 4.22. The minimum absolute atomic E-state index is 0.0170. The van der Waals surface area contributed by atoms with Gasteiger partial charge in [-0.3, -0.25) is 9.88 Å². The van der Waals surface area contributed by atoms with Crippen LogP contribution < -0.4 is 14.2 Å². The van der Waals surface area contributed by atoms with Gasteiger partial charge < -0.3 is 33.4 Å². The minimum atomic E-state index is -1.33. The van der Waals surface area contributed by atoms with Gasteiger partial charge in [0.2, 0.25) is 12.0 Å². The highest BCUT2D eigenvalue weighted by atomic mass is 35.5. The molecule has 1 fully saturated rings. The Morgan fingerprint density at radius 3 is 2.53 bits per heavy atom. The monoisotopic (exact) mass is 877 g/mol. The van der Waals surface area contributed by atoms with Crippen LogP contribution in [0, 0.1) is 12.8 Å². The Hall–Kier alpha value is -5.87. The van der Waals surface area contributed by atoms with Crippen molar-refractivity contribution >= 4 is 44.8 Å². The van der Waals surface area contributed by atoms with Gasteiger partial charge in [0.05, 0.1) is 39.7 Å². The Kier molecular flexibility index (Phi) is 13.1. The molecule has 1 aliphatic carbocycles. The van der Waals surface area contributed by atoms with Gasteiger partial charge in [0, 0.05) is 70.4 Å². The molecule has 5 heterocycles. The maximum Gasteiger partial charge on any atom is 0.345 e. The number of methoxy groups -OCH3 is 1. The summed E-state index contributed by atoms with van der Waals surface area (Å²) in [5.41, 5.74) is 4.99. The SMILES string of the molecule is COc1ccccc1-c1nccc(COc2ccccc2C[C@@H](Oc2nsc3cnc(-c4cnc(C)o4)c(C4=C(C)C(Cl)=C(OCCN5CCN(C)CC5)CC4C)c23)C(=O)O)n1. The van der Waals surface area contributed by atoms with E-state index in [1.54, 1.807) is 44.8 Å². The van der Waals surface area contributed by atoms with Gasteiger partial charge in [0.1, 0.15) is 36.2 Å². The molecule has 0 saturated carbocycles. The highest BCUT2D eigenvalue weighted by Gasteiger charge is 2.33. The van der Waals surface area contributed by atoms with E-state index in [1.165, 1.54) is 11.5 Å². The van der Waals surface area contributed by atoms with E-state index in [-0.39, 0.29) is 24.8 Å². The third-order valence-electron chi connectivity index (χ3n) is 11.2. The number of carboxylic acids is 1. The Bertz CT molecular complexity index is 2640. The number of likely N-dealkylation sites (N-methyl/N-ethyl adjacent to an activating group) is 1. The van der Waals surface area contributed by atoms with Crippen molar-refractivity contribution in [2.24, 2.45) is 5.92 Å². The number of ether oxygens (including phenoxy) is 4. The van der Waals surface area contributed by atoms with Gasteiger partial charge in [-0.05, 0) is 72.4 Å². The average molecular weight is 878 g/mol. The molecule has 0 radical (unpaired) electrons. The summed E-state index contributed by atoms with van der Waals surface area (Å²) in [4.78, 5) is 36.2. The van der Waals surface area contributed by atoms with E-state index in [0.29, 0.717) is 79.6 Å². The van der Waals surface area contributed by atoms with Crippen LogP contribution in [0.15, 0.2) is 94.0 Å². The number of carboxylic acid groups (broad SMARTS) is 1. The summed E-state index contributed by atoms with van der Waals surface area (Å²) in [5, 5.41) is 11.8. The molecule has 0 amide bonds. The van der Waals surface area contributed by atoms with Gasteiger partial charge in [-0.1, -0.05) is 48.9 Å². The third-order valence-corrected chi connectivity index (χ3v) is 12.5. The largest absolute Gasteiger partial charge is 0.496 e. The van der Waals surface area contributed by atoms with Crippen molar-refractivity contribution in [2.75, 3.05) is 53.5 Å². The number of benzene rings is 2. The van der Waals surface area contributed by atoms with Crippen LogP contribution in [-0.2, 0) is 22.6 Å². The van der Waals surface area contributed by atoms with Crippen molar-refractivity contribution in [3.63, 3.8) is 0 Å². The number of aliphatic carboxylic acids is 1. The number of oxazole rings is 1. The average Bonchev–Trinajstić information content (AvgIpc) is 3.91. The second-order valence-electron chi connectivity index (χ2n) is 15.4. The molecule has 62 heavy (non-hydrogen) atoms.